The van der Waals surface area contributed by atoms with Crippen LogP contribution in [-0.2, 0) is 10.9 Å². The number of benzene rings is 1. The Bertz CT molecular complexity index is 598. The first kappa shape index (κ1) is 15.8. The molecule has 1 atom stereocenters. The van der Waals surface area contributed by atoms with Gasteiger partial charge in [0.1, 0.15) is 0 Å². The standard InChI is InChI=1S/C13H10BrF3N2O2/c14-8-1-2-10(11(5-8)13(15,16)17)12(20)19-3-4-21-9(6-18)7-19/h1-2,5,9H,3-4,7H2. The molecule has 0 bridgehead atoms. The molecule has 1 fully saturated rings. The number of hydrogen-bond donors (Lipinski definition) is 0. The number of carbonyl (C=O) groups excluding carboxylic acids is 1. The van der Waals surface area contributed by atoms with E-state index in [2.05, 4.69) is 15.9 Å². The largest absolute Gasteiger partial charge is 0.417 e. The van der Waals surface area contributed by atoms with Crippen LogP contribution in [0.25, 0.3) is 0 Å². The minimum atomic E-state index is -4.63. The number of carbonyl (C=O) groups is 1. The summed E-state index contributed by atoms with van der Waals surface area (Å²) >= 11 is 2.97. The van der Waals surface area contributed by atoms with Crippen molar-refractivity contribution in [3.63, 3.8) is 0 Å². The van der Waals surface area contributed by atoms with Gasteiger partial charge in [-0.05, 0) is 18.2 Å². The van der Waals surface area contributed by atoms with E-state index in [1.165, 1.54) is 11.0 Å². The summed E-state index contributed by atoms with van der Waals surface area (Å²) in [4.78, 5) is 13.5. The fourth-order valence-corrected chi connectivity index (χ4v) is 2.38. The molecule has 0 aromatic heterocycles. The van der Waals surface area contributed by atoms with Crippen molar-refractivity contribution in [1.29, 1.82) is 5.26 Å². The van der Waals surface area contributed by atoms with Gasteiger partial charge in [0.15, 0.2) is 6.10 Å². The highest BCUT2D eigenvalue weighted by atomic mass is 79.9. The molecule has 0 spiro atoms. The summed E-state index contributed by atoms with van der Waals surface area (Å²) in [5.74, 6) is -0.752. The Balaban J connectivity index is 2.33. The van der Waals surface area contributed by atoms with E-state index in [-0.39, 0.29) is 24.2 Å². The summed E-state index contributed by atoms with van der Waals surface area (Å²) < 4.78 is 44.4. The van der Waals surface area contributed by atoms with E-state index in [9.17, 15) is 18.0 Å². The zero-order valence-electron chi connectivity index (χ0n) is 10.7. The van der Waals surface area contributed by atoms with Crippen molar-refractivity contribution in [2.75, 3.05) is 19.7 Å². The highest BCUT2D eigenvalue weighted by Gasteiger charge is 2.37. The molecule has 21 heavy (non-hydrogen) atoms. The highest BCUT2D eigenvalue weighted by Crippen LogP contribution is 2.34. The van der Waals surface area contributed by atoms with Gasteiger partial charge in [0.05, 0.1) is 30.3 Å². The average molecular weight is 363 g/mol. The van der Waals surface area contributed by atoms with E-state index in [0.29, 0.717) is 0 Å². The Morgan fingerprint density at radius 2 is 2.19 bits per heavy atom. The van der Waals surface area contributed by atoms with Gasteiger partial charge in [0.2, 0.25) is 0 Å². The van der Waals surface area contributed by atoms with E-state index in [4.69, 9.17) is 10.00 Å². The van der Waals surface area contributed by atoms with Crippen LogP contribution in [0.1, 0.15) is 15.9 Å². The molecule has 2 rings (SSSR count). The molecule has 1 saturated heterocycles. The van der Waals surface area contributed by atoms with E-state index < -0.39 is 29.3 Å². The molecule has 1 aliphatic rings. The Labute approximate surface area is 127 Å². The molecule has 8 heteroatoms. The monoisotopic (exact) mass is 362 g/mol. The third-order valence-corrected chi connectivity index (χ3v) is 3.51. The number of ether oxygens (including phenoxy) is 1. The Morgan fingerprint density at radius 3 is 2.81 bits per heavy atom. The number of alkyl halides is 3. The van der Waals surface area contributed by atoms with Crippen LogP contribution in [0, 0.1) is 11.3 Å². The van der Waals surface area contributed by atoms with Gasteiger partial charge >= 0.3 is 6.18 Å². The predicted octanol–water partition coefficient (Wildman–Crippen LogP) is 2.83. The van der Waals surface area contributed by atoms with Gasteiger partial charge in [0, 0.05) is 11.0 Å². The first-order chi connectivity index (χ1) is 9.82. The smallest absolute Gasteiger partial charge is 0.360 e. The molecule has 0 N–H and O–H groups in total. The van der Waals surface area contributed by atoms with E-state index in [0.717, 1.165) is 12.1 Å². The van der Waals surface area contributed by atoms with E-state index in [1.807, 2.05) is 6.07 Å². The van der Waals surface area contributed by atoms with Gasteiger partial charge in [-0.3, -0.25) is 4.79 Å². The van der Waals surface area contributed by atoms with Crippen LogP contribution < -0.4 is 0 Å². The Hall–Kier alpha value is -1.59. The molecule has 4 nitrogen and oxygen atoms in total. The number of nitriles is 1. The molecule has 1 unspecified atom stereocenters. The zero-order chi connectivity index (χ0) is 15.6. The minimum Gasteiger partial charge on any atom is -0.360 e. The maximum absolute atomic E-state index is 13.0. The lowest BCUT2D eigenvalue weighted by Gasteiger charge is -2.30. The first-order valence-corrected chi connectivity index (χ1v) is 6.79. The summed E-state index contributed by atoms with van der Waals surface area (Å²) in [7, 11) is 0. The minimum absolute atomic E-state index is 0.0390. The van der Waals surface area contributed by atoms with Crippen LogP contribution in [0.2, 0.25) is 0 Å². The van der Waals surface area contributed by atoms with Crippen molar-refractivity contribution in [3.8, 4) is 6.07 Å². The number of morpholine rings is 1. The number of nitrogens with zero attached hydrogens (tertiary/aromatic N) is 2. The van der Waals surface area contributed by atoms with Crippen LogP contribution in [0.3, 0.4) is 0 Å². The summed E-state index contributed by atoms with van der Waals surface area (Å²) in [5.41, 5.74) is -1.42. The summed E-state index contributed by atoms with van der Waals surface area (Å²) in [6.07, 6.45) is -5.44. The van der Waals surface area contributed by atoms with Crippen molar-refractivity contribution in [2.45, 2.75) is 12.3 Å². The number of hydrogen-bond acceptors (Lipinski definition) is 3. The van der Waals surface area contributed by atoms with Gasteiger partial charge in [-0.15, -0.1) is 0 Å². The van der Waals surface area contributed by atoms with Gasteiger partial charge in [-0.25, -0.2) is 0 Å². The van der Waals surface area contributed by atoms with E-state index >= 15 is 0 Å². The molecule has 0 aliphatic carbocycles. The fraction of sp³-hybridized carbons (Fsp3) is 0.385. The SMILES string of the molecule is N#CC1CN(C(=O)c2ccc(Br)cc2C(F)(F)F)CCO1. The highest BCUT2D eigenvalue weighted by molar-refractivity contribution is 9.10. The van der Waals surface area contributed by atoms with Gasteiger partial charge in [0.25, 0.3) is 5.91 Å². The second-order valence-corrected chi connectivity index (χ2v) is 5.34. The van der Waals surface area contributed by atoms with Gasteiger partial charge in [-0.1, -0.05) is 15.9 Å². The van der Waals surface area contributed by atoms with Crippen molar-refractivity contribution in [3.05, 3.63) is 33.8 Å². The average Bonchev–Trinajstić information content (AvgIpc) is 2.45. The lowest BCUT2D eigenvalue weighted by atomic mass is 10.1. The molecule has 1 amide bonds. The van der Waals surface area contributed by atoms with Gasteiger partial charge < -0.3 is 9.64 Å². The van der Waals surface area contributed by atoms with Gasteiger partial charge in [-0.2, -0.15) is 18.4 Å². The third kappa shape index (κ3) is 3.54. The normalized spacial score (nSPS) is 19.2. The quantitative estimate of drug-likeness (QED) is 0.771. The molecular formula is C13H10BrF3N2O2. The molecule has 112 valence electrons. The molecule has 0 saturated carbocycles. The summed E-state index contributed by atoms with van der Waals surface area (Å²) in [6, 6.07) is 5.23. The second kappa shape index (κ2) is 6.03. The lowest BCUT2D eigenvalue weighted by molar-refractivity contribution is -0.138. The Kier molecular flexibility index (Phi) is 4.54. The molecule has 1 aromatic carbocycles. The number of halogens is 4. The van der Waals surface area contributed by atoms with Crippen molar-refractivity contribution in [2.24, 2.45) is 0 Å². The second-order valence-electron chi connectivity index (χ2n) is 4.43. The van der Waals surface area contributed by atoms with Crippen LogP contribution in [0.4, 0.5) is 13.2 Å². The number of amides is 1. The maximum Gasteiger partial charge on any atom is 0.417 e. The van der Waals surface area contributed by atoms with Crippen molar-refractivity contribution in [1.82, 2.24) is 4.90 Å². The summed E-state index contributed by atoms with van der Waals surface area (Å²) in [5, 5.41) is 8.78. The summed E-state index contributed by atoms with van der Waals surface area (Å²) in [6.45, 7) is 0.245. The molecule has 1 aromatic rings. The van der Waals surface area contributed by atoms with Crippen LogP contribution in [0.15, 0.2) is 22.7 Å². The first-order valence-electron chi connectivity index (χ1n) is 6.00. The predicted molar refractivity (Wildman–Crippen MR) is 70.4 cm³/mol. The zero-order valence-corrected chi connectivity index (χ0v) is 12.2. The number of rotatable bonds is 1. The molecule has 1 aliphatic heterocycles. The third-order valence-electron chi connectivity index (χ3n) is 3.02. The molecule has 1 heterocycles. The maximum atomic E-state index is 13.0. The van der Waals surface area contributed by atoms with Crippen molar-refractivity contribution < 1.29 is 22.7 Å². The van der Waals surface area contributed by atoms with Crippen LogP contribution in [0.5, 0.6) is 0 Å². The van der Waals surface area contributed by atoms with Crippen LogP contribution in [-0.4, -0.2) is 36.6 Å². The molecule has 0 radical (unpaired) electrons. The molecular weight excluding hydrogens is 353 g/mol. The van der Waals surface area contributed by atoms with Crippen LogP contribution >= 0.6 is 15.9 Å². The van der Waals surface area contributed by atoms with Crippen molar-refractivity contribution >= 4 is 21.8 Å². The topological polar surface area (TPSA) is 53.3 Å². The van der Waals surface area contributed by atoms with E-state index in [1.54, 1.807) is 0 Å². The Morgan fingerprint density at radius 1 is 1.48 bits per heavy atom. The lowest BCUT2D eigenvalue weighted by Crippen LogP contribution is -2.45. The fourth-order valence-electron chi connectivity index (χ4n) is 2.02.